The molecule has 2 aromatic rings. The molecule has 9 heteroatoms. The van der Waals surface area contributed by atoms with Crippen LogP contribution in [0, 0.1) is 0 Å². The summed E-state index contributed by atoms with van der Waals surface area (Å²) in [5, 5.41) is 5.29. The van der Waals surface area contributed by atoms with Gasteiger partial charge in [0.05, 0.1) is 18.7 Å². The number of halogens is 1. The van der Waals surface area contributed by atoms with Crippen LogP contribution in [0.2, 0.25) is 5.02 Å². The van der Waals surface area contributed by atoms with E-state index in [-0.39, 0.29) is 13.0 Å². The van der Waals surface area contributed by atoms with Crippen molar-refractivity contribution in [3.63, 3.8) is 0 Å². The van der Waals surface area contributed by atoms with Gasteiger partial charge in [0.1, 0.15) is 5.01 Å². The summed E-state index contributed by atoms with van der Waals surface area (Å²) < 4.78 is 4.81. The molecule has 3 N–H and O–H groups in total. The van der Waals surface area contributed by atoms with E-state index in [4.69, 9.17) is 22.1 Å². The van der Waals surface area contributed by atoms with Gasteiger partial charge in [-0.25, -0.2) is 4.98 Å². The molecular formula is C15H14ClN3O4S. The van der Waals surface area contributed by atoms with Gasteiger partial charge in [-0.1, -0.05) is 23.7 Å². The van der Waals surface area contributed by atoms with Gasteiger partial charge in [0.15, 0.2) is 6.61 Å². The first kappa shape index (κ1) is 17.9. The van der Waals surface area contributed by atoms with Crippen molar-refractivity contribution in [3.05, 3.63) is 40.4 Å². The molecule has 0 saturated carbocycles. The van der Waals surface area contributed by atoms with Gasteiger partial charge >= 0.3 is 5.97 Å². The van der Waals surface area contributed by atoms with Gasteiger partial charge in [-0.05, 0) is 12.1 Å². The van der Waals surface area contributed by atoms with Crippen LogP contribution in [0.5, 0.6) is 0 Å². The molecule has 0 atom stereocenters. The lowest BCUT2D eigenvalue weighted by atomic mass is 10.2. The molecule has 0 fully saturated rings. The minimum atomic E-state index is -0.675. The van der Waals surface area contributed by atoms with E-state index in [9.17, 15) is 14.4 Å². The maximum atomic E-state index is 11.7. The number of nitrogens with one attached hydrogen (secondary N) is 1. The maximum Gasteiger partial charge on any atom is 0.312 e. The number of thiazole rings is 1. The Morgan fingerprint density at radius 3 is 2.83 bits per heavy atom. The third-order valence-electron chi connectivity index (χ3n) is 2.77. The number of amides is 2. The van der Waals surface area contributed by atoms with Crippen LogP contribution in [0.25, 0.3) is 10.6 Å². The standard InChI is InChI=1S/C15H14ClN3O4S/c16-10-3-1-2-9(4-10)15-19-11(8-24-15)5-14(22)23-7-13(21)18-6-12(17)20/h1-4,8H,5-7H2,(H2,17,20)(H,18,21). The Morgan fingerprint density at radius 2 is 2.12 bits per heavy atom. The molecule has 0 unspecified atom stereocenters. The first-order chi connectivity index (χ1) is 11.4. The van der Waals surface area contributed by atoms with Crippen molar-refractivity contribution in [1.82, 2.24) is 10.3 Å². The summed E-state index contributed by atoms with van der Waals surface area (Å²) in [6, 6.07) is 7.24. The number of nitrogens with two attached hydrogens (primary N) is 1. The van der Waals surface area contributed by atoms with Crippen LogP contribution in [-0.4, -0.2) is 35.9 Å². The van der Waals surface area contributed by atoms with E-state index in [2.05, 4.69) is 10.3 Å². The topological polar surface area (TPSA) is 111 Å². The fourth-order valence-electron chi connectivity index (χ4n) is 1.72. The molecule has 0 aliphatic carbocycles. The average molecular weight is 368 g/mol. The third-order valence-corrected chi connectivity index (χ3v) is 3.95. The molecule has 1 aromatic carbocycles. The molecule has 0 bridgehead atoms. The van der Waals surface area contributed by atoms with Gasteiger partial charge in [-0.2, -0.15) is 0 Å². The summed E-state index contributed by atoms with van der Waals surface area (Å²) in [6.07, 6.45) is -0.0554. The van der Waals surface area contributed by atoms with Crippen molar-refractivity contribution in [2.75, 3.05) is 13.2 Å². The minimum Gasteiger partial charge on any atom is -0.455 e. The number of carbonyl (C=O) groups excluding carboxylic acids is 3. The van der Waals surface area contributed by atoms with Crippen molar-refractivity contribution in [2.45, 2.75) is 6.42 Å². The van der Waals surface area contributed by atoms with Gasteiger partial charge in [0.25, 0.3) is 5.91 Å². The average Bonchev–Trinajstić information content (AvgIpc) is 2.99. The molecule has 2 amide bonds. The summed E-state index contributed by atoms with van der Waals surface area (Å²) in [4.78, 5) is 37.9. The zero-order valence-corrected chi connectivity index (χ0v) is 14.0. The van der Waals surface area contributed by atoms with Gasteiger partial charge in [-0.15, -0.1) is 11.3 Å². The van der Waals surface area contributed by atoms with E-state index in [1.165, 1.54) is 11.3 Å². The predicted molar refractivity (Wildman–Crippen MR) is 89.4 cm³/mol. The van der Waals surface area contributed by atoms with E-state index in [0.29, 0.717) is 10.7 Å². The normalized spacial score (nSPS) is 10.2. The molecule has 24 heavy (non-hydrogen) atoms. The second kappa shape index (κ2) is 8.42. The second-order valence-electron chi connectivity index (χ2n) is 4.73. The van der Waals surface area contributed by atoms with Crippen LogP contribution in [-0.2, 0) is 25.5 Å². The molecule has 0 saturated heterocycles. The van der Waals surface area contributed by atoms with E-state index in [1.807, 2.05) is 12.1 Å². The number of benzene rings is 1. The number of carbonyl (C=O) groups is 3. The highest BCUT2D eigenvalue weighted by Gasteiger charge is 2.12. The number of esters is 1. The quantitative estimate of drug-likeness (QED) is 0.713. The highest BCUT2D eigenvalue weighted by molar-refractivity contribution is 7.13. The van der Waals surface area contributed by atoms with Crippen LogP contribution in [0.3, 0.4) is 0 Å². The zero-order valence-electron chi connectivity index (χ0n) is 12.5. The number of hydrogen-bond donors (Lipinski definition) is 2. The van der Waals surface area contributed by atoms with E-state index >= 15 is 0 Å². The number of hydrogen-bond acceptors (Lipinski definition) is 6. The lowest BCUT2D eigenvalue weighted by Gasteiger charge is -2.04. The Kier molecular flexibility index (Phi) is 6.28. The van der Waals surface area contributed by atoms with Crippen molar-refractivity contribution < 1.29 is 19.1 Å². The summed E-state index contributed by atoms with van der Waals surface area (Å²) in [5.41, 5.74) is 6.28. The third kappa shape index (κ3) is 5.64. The van der Waals surface area contributed by atoms with Crippen LogP contribution < -0.4 is 11.1 Å². The van der Waals surface area contributed by atoms with Crippen LogP contribution in [0.15, 0.2) is 29.6 Å². The Hall–Kier alpha value is -2.45. The van der Waals surface area contributed by atoms with Crippen molar-refractivity contribution >= 4 is 40.7 Å². The van der Waals surface area contributed by atoms with Crippen molar-refractivity contribution in [3.8, 4) is 10.6 Å². The lowest BCUT2D eigenvalue weighted by Crippen LogP contribution is -2.36. The molecule has 0 spiro atoms. The second-order valence-corrected chi connectivity index (χ2v) is 6.03. The Balaban J connectivity index is 1.84. The molecule has 0 aliphatic heterocycles. The fourth-order valence-corrected chi connectivity index (χ4v) is 2.73. The number of rotatable bonds is 7. The Labute approximate surface area is 146 Å². The van der Waals surface area contributed by atoms with E-state index < -0.39 is 24.4 Å². The molecule has 1 aromatic heterocycles. The first-order valence-corrected chi connectivity index (χ1v) is 8.11. The molecule has 0 radical (unpaired) electrons. The van der Waals surface area contributed by atoms with Gasteiger partial charge in [-0.3, -0.25) is 14.4 Å². The largest absolute Gasteiger partial charge is 0.455 e. The van der Waals surface area contributed by atoms with Gasteiger partial charge in [0, 0.05) is 16.0 Å². The summed E-state index contributed by atoms with van der Waals surface area (Å²) in [7, 11) is 0. The van der Waals surface area contributed by atoms with Crippen LogP contribution in [0.4, 0.5) is 0 Å². The molecular weight excluding hydrogens is 354 g/mol. The summed E-state index contributed by atoms with van der Waals surface area (Å²) >= 11 is 7.32. The number of ether oxygens (including phenoxy) is 1. The predicted octanol–water partition coefficient (Wildman–Crippen LogP) is 1.15. The van der Waals surface area contributed by atoms with Crippen molar-refractivity contribution in [1.29, 1.82) is 0 Å². The molecule has 1 heterocycles. The van der Waals surface area contributed by atoms with Crippen molar-refractivity contribution in [2.24, 2.45) is 5.73 Å². The summed E-state index contributed by atoms with van der Waals surface area (Å²) in [5.74, 6) is -1.86. The highest BCUT2D eigenvalue weighted by atomic mass is 35.5. The van der Waals surface area contributed by atoms with Gasteiger partial charge in [0.2, 0.25) is 5.91 Å². The molecule has 7 nitrogen and oxygen atoms in total. The molecule has 0 aliphatic rings. The Morgan fingerprint density at radius 1 is 1.33 bits per heavy atom. The monoisotopic (exact) mass is 367 g/mol. The zero-order chi connectivity index (χ0) is 17.5. The van der Waals surface area contributed by atoms with E-state index in [0.717, 1.165) is 10.6 Å². The number of nitrogens with zero attached hydrogens (tertiary/aromatic N) is 1. The summed E-state index contributed by atoms with van der Waals surface area (Å²) in [6.45, 7) is -0.775. The Bertz CT molecular complexity index is 763. The van der Waals surface area contributed by atoms with Gasteiger partial charge < -0.3 is 15.8 Å². The van der Waals surface area contributed by atoms with Crippen LogP contribution in [0.1, 0.15) is 5.69 Å². The minimum absolute atomic E-state index is 0.0554. The maximum absolute atomic E-state index is 11.7. The number of aromatic nitrogens is 1. The molecule has 2 rings (SSSR count). The fraction of sp³-hybridized carbons (Fsp3) is 0.200. The first-order valence-electron chi connectivity index (χ1n) is 6.85. The van der Waals surface area contributed by atoms with Crippen LogP contribution >= 0.6 is 22.9 Å². The lowest BCUT2D eigenvalue weighted by molar-refractivity contribution is -0.148. The highest BCUT2D eigenvalue weighted by Crippen LogP contribution is 2.26. The molecule has 126 valence electrons. The number of primary amides is 1. The SMILES string of the molecule is NC(=O)CNC(=O)COC(=O)Cc1csc(-c2cccc(Cl)c2)n1. The van der Waals surface area contributed by atoms with E-state index in [1.54, 1.807) is 17.5 Å². The smallest absolute Gasteiger partial charge is 0.312 e.